The fourth-order valence-corrected chi connectivity index (χ4v) is 1.77. The van der Waals surface area contributed by atoms with Gasteiger partial charge in [0.2, 0.25) is 0 Å². The largest absolute Gasteiger partial charge is 0.462 e. The number of Topliss-reactive ketones (excluding diaryl/α,β-unsaturated/α-hetero) is 1. The molecule has 0 bridgehead atoms. The second-order valence-corrected chi connectivity index (χ2v) is 5.68. The van der Waals surface area contributed by atoms with E-state index in [0.29, 0.717) is 23.1 Å². The summed E-state index contributed by atoms with van der Waals surface area (Å²) in [5.41, 5.74) is 1.76. The van der Waals surface area contributed by atoms with Gasteiger partial charge in [0.1, 0.15) is 5.60 Å². The number of rotatable bonds is 2. The zero-order valence-corrected chi connectivity index (χ0v) is 13.1. The summed E-state index contributed by atoms with van der Waals surface area (Å²) in [7, 11) is 0. The second-order valence-electron chi connectivity index (χ2n) is 5.12. The van der Waals surface area contributed by atoms with E-state index >= 15 is 0 Å². The molecule has 0 saturated carbocycles. The molecule has 1 aliphatic rings. The monoisotopic (exact) mass is 341 g/mol. The van der Waals surface area contributed by atoms with Crippen LogP contribution in [0, 0.1) is 0 Å². The summed E-state index contributed by atoms with van der Waals surface area (Å²) < 4.78 is 4.55. The van der Waals surface area contributed by atoms with E-state index < -0.39 is 11.7 Å². The summed E-state index contributed by atoms with van der Waals surface area (Å²) in [5, 5.41) is 3.18. The number of carbonyl (C=O) groups excluding carboxylic acids is 3. The fraction of sp³-hybridized carbons (Fsp3) is 0.357. The third-order valence-electron chi connectivity index (χ3n) is 2.34. The molecule has 6 heteroatoms. The summed E-state index contributed by atoms with van der Waals surface area (Å²) in [6.45, 7) is 5.92. The third-order valence-corrected chi connectivity index (χ3v) is 2.99. The summed E-state index contributed by atoms with van der Waals surface area (Å²) in [5.74, 6) is -0.987. The first-order valence-corrected chi connectivity index (χ1v) is 7.06. The average molecular weight is 342 g/mol. The van der Waals surface area contributed by atoms with E-state index in [1.807, 2.05) is 26.8 Å². The molecule has 1 N–H and O–H groups in total. The molecule has 2 rings (SSSR count). The van der Waals surface area contributed by atoms with Gasteiger partial charge in [-0.1, -0.05) is 22.0 Å². The standard InChI is InChI=1S/C9H6BrNO2.C5H10O2/c10-4-5-1-2-7-6(3-5)8(12)9(13)11-7;1-5(2,3)7-4-6/h1-3H,4H2,(H,11,12,13);4H,1-3H3. The van der Waals surface area contributed by atoms with Crippen LogP contribution in [0.4, 0.5) is 5.69 Å². The first-order valence-electron chi connectivity index (χ1n) is 5.94. The minimum atomic E-state index is -0.540. The fourth-order valence-electron chi connectivity index (χ4n) is 1.42. The van der Waals surface area contributed by atoms with Gasteiger partial charge in [0.05, 0.1) is 11.3 Å². The normalized spacial score (nSPS) is 13.0. The predicted molar refractivity (Wildman–Crippen MR) is 78.9 cm³/mol. The smallest absolute Gasteiger partial charge is 0.296 e. The number of ether oxygens (including phenoxy) is 1. The molecule has 0 radical (unpaired) electrons. The average Bonchev–Trinajstić information content (AvgIpc) is 2.64. The SMILES string of the molecule is CC(C)(C)OC=O.O=C1Nc2ccc(CBr)cc2C1=O. The topological polar surface area (TPSA) is 72.5 Å². The number of alkyl halides is 1. The highest BCUT2D eigenvalue weighted by Crippen LogP contribution is 2.24. The van der Waals surface area contributed by atoms with Gasteiger partial charge in [-0.05, 0) is 38.5 Å². The maximum Gasteiger partial charge on any atom is 0.296 e. The predicted octanol–water partition coefficient (Wildman–Crippen LogP) is 2.67. The molecule has 0 unspecified atom stereocenters. The number of ketones is 1. The van der Waals surface area contributed by atoms with E-state index in [2.05, 4.69) is 26.0 Å². The number of hydrogen-bond donors (Lipinski definition) is 1. The van der Waals surface area contributed by atoms with Crippen molar-refractivity contribution in [3.05, 3.63) is 29.3 Å². The van der Waals surface area contributed by atoms with Crippen molar-refractivity contribution in [1.29, 1.82) is 0 Å². The Morgan fingerprint density at radius 3 is 2.40 bits per heavy atom. The van der Waals surface area contributed by atoms with Gasteiger partial charge in [0, 0.05) is 5.33 Å². The van der Waals surface area contributed by atoms with Crippen LogP contribution in [0.5, 0.6) is 0 Å². The Bertz CT molecular complexity index is 534. The molecule has 20 heavy (non-hydrogen) atoms. The number of benzene rings is 1. The Balaban J connectivity index is 0.000000246. The van der Waals surface area contributed by atoms with Gasteiger partial charge in [-0.2, -0.15) is 0 Å². The maximum atomic E-state index is 11.2. The van der Waals surface area contributed by atoms with Crippen molar-refractivity contribution < 1.29 is 19.1 Å². The lowest BCUT2D eigenvalue weighted by molar-refractivity contribution is -0.138. The lowest BCUT2D eigenvalue weighted by atomic mass is 10.1. The molecule has 5 nitrogen and oxygen atoms in total. The van der Waals surface area contributed by atoms with Crippen molar-refractivity contribution >= 4 is 39.8 Å². The van der Waals surface area contributed by atoms with Gasteiger partial charge in [0.15, 0.2) is 0 Å². The van der Waals surface area contributed by atoms with E-state index in [9.17, 15) is 14.4 Å². The Kier molecular flexibility index (Phi) is 5.44. The number of hydrogen-bond acceptors (Lipinski definition) is 4. The summed E-state index contributed by atoms with van der Waals surface area (Å²) >= 11 is 3.28. The Labute approximate surface area is 125 Å². The first-order chi connectivity index (χ1) is 9.28. The molecule has 1 heterocycles. The molecule has 0 fully saturated rings. The van der Waals surface area contributed by atoms with E-state index in [1.165, 1.54) is 0 Å². The van der Waals surface area contributed by atoms with Crippen LogP contribution < -0.4 is 5.32 Å². The Morgan fingerprint density at radius 2 is 1.95 bits per heavy atom. The van der Waals surface area contributed by atoms with E-state index in [0.717, 1.165) is 5.56 Å². The van der Waals surface area contributed by atoms with Gasteiger partial charge < -0.3 is 10.1 Å². The van der Waals surface area contributed by atoms with Crippen molar-refractivity contribution in [2.24, 2.45) is 0 Å². The first kappa shape index (κ1) is 16.4. The zero-order valence-electron chi connectivity index (χ0n) is 11.5. The molecule has 1 aliphatic heterocycles. The summed E-state index contributed by atoms with van der Waals surface area (Å²) in [4.78, 5) is 31.8. The highest BCUT2D eigenvalue weighted by atomic mass is 79.9. The second kappa shape index (κ2) is 6.65. The summed E-state index contributed by atoms with van der Waals surface area (Å²) in [6, 6.07) is 5.34. The third kappa shape index (κ3) is 4.45. The van der Waals surface area contributed by atoms with Crippen LogP contribution >= 0.6 is 15.9 Å². The van der Waals surface area contributed by atoms with Crippen LogP contribution in [0.15, 0.2) is 18.2 Å². The lowest BCUT2D eigenvalue weighted by Crippen LogP contribution is -2.17. The van der Waals surface area contributed by atoms with Crippen LogP contribution in [-0.4, -0.2) is 23.8 Å². The van der Waals surface area contributed by atoms with Crippen LogP contribution in [0.25, 0.3) is 0 Å². The van der Waals surface area contributed by atoms with Gasteiger partial charge in [-0.25, -0.2) is 0 Å². The van der Waals surface area contributed by atoms with Gasteiger partial charge in [-0.15, -0.1) is 0 Å². The molecule has 1 aromatic carbocycles. The molecule has 1 aromatic rings. The van der Waals surface area contributed by atoms with Crippen LogP contribution in [0.3, 0.4) is 0 Å². The Hall–Kier alpha value is -1.69. The van der Waals surface area contributed by atoms with Crippen molar-refractivity contribution in [2.75, 3.05) is 5.32 Å². The van der Waals surface area contributed by atoms with Crippen LogP contribution in [0.1, 0.15) is 36.7 Å². The van der Waals surface area contributed by atoms with Crippen molar-refractivity contribution in [3.63, 3.8) is 0 Å². The molecule has 108 valence electrons. The lowest BCUT2D eigenvalue weighted by Gasteiger charge is -2.14. The highest BCUT2D eigenvalue weighted by Gasteiger charge is 2.27. The molecule has 0 aliphatic carbocycles. The van der Waals surface area contributed by atoms with E-state index in [1.54, 1.807) is 12.1 Å². The van der Waals surface area contributed by atoms with E-state index in [4.69, 9.17) is 0 Å². The highest BCUT2D eigenvalue weighted by molar-refractivity contribution is 9.08. The molecule has 0 saturated heterocycles. The number of halogens is 1. The van der Waals surface area contributed by atoms with E-state index in [-0.39, 0.29) is 5.60 Å². The minimum Gasteiger partial charge on any atom is -0.462 e. The molecular weight excluding hydrogens is 326 g/mol. The molecule has 0 aromatic heterocycles. The molecule has 0 spiro atoms. The van der Waals surface area contributed by atoms with Gasteiger partial charge in [0.25, 0.3) is 18.2 Å². The van der Waals surface area contributed by atoms with Crippen LogP contribution in [-0.2, 0) is 19.7 Å². The van der Waals surface area contributed by atoms with Crippen LogP contribution in [0.2, 0.25) is 0 Å². The molecule has 1 amide bonds. The van der Waals surface area contributed by atoms with Gasteiger partial charge in [-0.3, -0.25) is 14.4 Å². The van der Waals surface area contributed by atoms with Crippen molar-refractivity contribution in [1.82, 2.24) is 0 Å². The van der Waals surface area contributed by atoms with Crippen molar-refractivity contribution in [2.45, 2.75) is 31.7 Å². The van der Waals surface area contributed by atoms with Gasteiger partial charge >= 0.3 is 0 Å². The number of amides is 1. The number of carbonyl (C=O) groups is 3. The number of anilines is 1. The maximum absolute atomic E-state index is 11.2. The zero-order chi connectivity index (χ0) is 15.3. The minimum absolute atomic E-state index is 0.318. The Morgan fingerprint density at radius 1 is 1.30 bits per heavy atom. The quantitative estimate of drug-likeness (QED) is 0.510. The number of fused-ring (bicyclic) bond motifs is 1. The molecule has 0 atom stereocenters. The molecular formula is C14H16BrNO4. The van der Waals surface area contributed by atoms with Crippen molar-refractivity contribution in [3.8, 4) is 0 Å². The number of nitrogens with one attached hydrogen (secondary N) is 1. The summed E-state index contributed by atoms with van der Waals surface area (Å²) in [6.07, 6.45) is 0.